The highest BCUT2D eigenvalue weighted by Crippen LogP contribution is 2.39. The van der Waals surface area contributed by atoms with Gasteiger partial charge in [-0.15, -0.1) is 0 Å². The monoisotopic (exact) mass is 271 g/mol. The Morgan fingerprint density at radius 1 is 1.45 bits per heavy atom. The van der Waals surface area contributed by atoms with Gasteiger partial charge in [-0.2, -0.15) is 0 Å². The maximum absolute atomic E-state index is 6.33. The first-order valence-electron chi connectivity index (χ1n) is 7.22. The molecule has 0 saturated carbocycles. The number of nitrogens with two attached hydrogens (primary N) is 1. The quantitative estimate of drug-likeness (QED) is 0.933. The van der Waals surface area contributed by atoms with Crippen molar-refractivity contribution in [1.82, 2.24) is 9.55 Å². The highest BCUT2D eigenvalue weighted by molar-refractivity contribution is 5.41. The van der Waals surface area contributed by atoms with E-state index in [9.17, 15) is 0 Å². The van der Waals surface area contributed by atoms with Crippen LogP contribution >= 0.6 is 0 Å². The number of rotatable bonds is 3. The Hall–Kier alpha value is -1.81. The summed E-state index contributed by atoms with van der Waals surface area (Å²) in [4.78, 5) is 4.25. The lowest BCUT2D eigenvalue weighted by Crippen LogP contribution is -2.25. The summed E-state index contributed by atoms with van der Waals surface area (Å²) in [5.74, 6) is 0.906. The van der Waals surface area contributed by atoms with Gasteiger partial charge in [0.2, 0.25) is 0 Å². The molecule has 2 unspecified atom stereocenters. The molecule has 0 amide bonds. The van der Waals surface area contributed by atoms with Gasteiger partial charge in [0, 0.05) is 24.6 Å². The number of benzene rings is 1. The largest absolute Gasteiger partial charge is 0.484 e. The van der Waals surface area contributed by atoms with Crippen LogP contribution in [-0.2, 0) is 6.54 Å². The van der Waals surface area contributed by atoms with Gasteiger partial charge in [-0.05, 0) is 19.4 Å². The van der Waals surface area contributed by atoms with Crippen LogP contribution in [0, 0.1) is 6.92 Å². The maximum atomic E-state index is 6.33. The number of aryl methyl sites for hydroxylation is 2. The van der Waals surface area contributed by atoms with E-state index in [-0.39, 0.29) is 12.1 Å². The van der Waals surface area contributed by atoms with Crippen LogP contribution in [-0.4, -0.2) is 9.55 Å². The molecule has 0 saturated heterocycles. The molecule has 1 aromatic heterocycles. The average molecular weight is 271 g/mol. The molecule has 0 bridgehead atoms. The van der Waals surface area contributed by atoms with Gasteiger partial charge in [-0.25, -0.2) is 4.98 Å². The van der Waals surface area contributed by atoms with Crippen LogP contribution in [0.25, 0.3) is 0 Å². The molecule has 0 aliphatic carbocycles. The second kappa shape index (κ2) is 5.29. The SMILES string of the molecule is CCCn1cncc1C1CC(N)c2cc(C)ccc2O1. The summed E-state index contributed by atoms with van der Waals surface area (Å²) in [6, 6.07) is 6.24. The number of aromatic nitrogens is 2. The molecule has 106 valence electrons. The van der Waals surface area contributed by atoms with Crippen LogP contribution in [0.4, 0.5) is 0 Å². The minimum Gasteiger partial charge on any atom is -0.484 e. The summed E-state index contributed by atoms with van der Waals surface area (Å²) in [5, 5.41) is 0. The maximum Gasteiger partial charge on any atom is 0.142 e. The van der Waals surface area contributed by atoms with Crippen molar-refractivity contribution in [2.75, 3.05) is 0 Å². The Balaban J connectivity index is 1.91. The smallest absolute Gasteiger partial charge is 0.142 e. The van der Waals surface area contributed by atoms with E-state index in [1.807, 2.05) is 18.6 Å². The first kappa shape index (κ1) is 13.2. The molecule has 1 aromatic carbocycles. The van der Waals surface area contributed by atoms with Crippen molar-refractivity contribution in [3.63, 3.8) is 0 Å². The van der Waals surface area contributed by atoms with Crippen LogP contribution in [0.5, 0.6) is 5.75 Å². The number of hydrogen-bond acceptors (Lipinski definition) is 3. The fraction of sp³-hybridized carbons (Fsp3) is 0.438. The molecule has 20 heavy (non-hydrogen) atoms. The summed E-state index contributed by atoms with van der Waals surface area (Å²) in [6.45, 7) is 5.20. The van der Waals surface area contributed by atoms with Gasteiger partial charge in [-0.1, -0.05) is 24.6 Å². The molecule has 2 atom stereocenters. The summed E-state index contributed by atoms with van der Waals surface area (Å²) in [5.41, 5.74) is 9.78. The topological polar surface area (TPSA) is 53.1 Å². The molecule has 4 heteroatoms. The molecule has 4 nitrogen and oxygen atoms in total. The van der Waals surface area contributed by atoms with E-state index in [1.54, 1.807) is 0 Å². The molecular weight excluding hydrogens is 250 g/mol. The third-order valence-corrected chi connectivity index (χ3v) is 3.84. The molecule has 1 aliphatic rings. The van der Waals surface area contributed by atoms with Crippen molar-refractivity contribution in [3.8, 4) is 5.75 Å². The zero-order valence-corrected chi connectivity index (χ0v) is 12.0. The molecule has 0 fully saturated rings. The summed E-state index contributed by atoms with van der Waals surface area (Å²) in [7, 11) is 0. The predicted molar refractivity (Wildman–Crippen MR) is 78.6 cm³/mol. The third-order valence-electron chi connectivity index (χ3n) is 3.84. The average Bonchev–Trinajstić information content (AvgIpc) is 2.88. The predicted octanol–water partition coefficient (Wildman–Crippen LogP) is 3.13. The molecule has 0 radical (unpaired) electrons. The molecule has 3 rings (SSSR count). The van der Waals surface area contributed by atoms with Gasteiger partial charge in [-0.3, -0.25) is 0 Å². The Morgan fingerprint density at radius 3 is 3.10 bits per heavy atom. The van der Waals surface area contributed by atoms with E-state index < -0.39 is 0 Å². The Bertz CT molecular complexity index is 606. The van der Waals surface area contributed by atoms with E-state index in [1.165, 1.54) is 5.56 Å². The van der Waals surface area contributed by atoms with Crippen LogP contribution in [0.2, 0.25) is 0 Å². The molecule has 0 spiro atoms. The van der Waals surface area contributed by atoms with Gasteiger partial charge in [0.1, 0.15) is 11.9 Å². The lowest BCUT2D eigenvalue weighted by molar-refractivity contribution is 0.153. The van der Waals surface area contributed by atoms with Crippen molar-refractivity contribution in [2.24, 2.45) is 5.73 Å². The first-order chi connectivity index (χ1) is 9.69. The second-order valence-electron chi connectivity index (χ2n) is 5.50. The number of ether oxygens (including phenoxy) is 1. The third kappa shape index (κ3) is 2.31. The fourth-order valence-electron chi connectivity index (χ4n) is 2.83. The highest BCUT2D eigenvalue weighted by Gasteiger charge is 2.28. The van der Waals surface area contributed by atoms with Gasteiger partial charge in [0.05, 0.1) is 18.2 Å². The van der Waals surface area contributed by atoms with Crippen molar-refractivity contribution >= 4 is 0 Å². The highest BCUT2D eigenvalue weighted by atomic mass is 16.5. The van der Waals surface area contributed by atoms with Gasteiger partial charge in [0.25, 0.3) is 0 Å². The van der Waals surface area contributed by atoms with Gasteiger partial charge < -0.3 is 15.0 Å². The minimum absolute atomic E-state index is 0.00532. The second-order valence-corrected chi connectivity index (χ2v) is 5.50. The van der Waals surface area contributed by atoms with E-state index in [0.29, 0.717) is 0 Å². The number of imidazole rings is 1. The van der Waals surface area contributed by atoms with Crippen LogP contribution in [0.15, 0.2) is 30.7 Å². The van der Waals surface area contributed by atoms with Crippen LogP contribution < -0.4 is 10.5 Å². The Morgan fingerprint density at radius 2 is 2.30 bits per heavy atom. The normalized spacial score (nSPS) is 21.4. The van der Waals surface area contributed by atoms with Crippen molar-refractivity contribution in [3.05, 3.63) is 47.5 Å². The van der Waals surface area contributed by atoms with Crippen LogP contribution in [0.1, 0.15) is 48.7 Å². The summed E-state index contributed by atoms with van der Waals surface area (Å²) >= 11 is 0. The lowest BCUT2D eigenvalue weighted by atomic mass is 9.94. The standard InChI is InChI=1S/C16H21N3O/c1-3-6-19-10-18-9-14(19)16-8-13(17)12-7-11(2)4-5-15(12)20-16/h4-5,7,9-10,13,16H,3,6,8,17H2,1-2H3. The minimum atomic E-state index is -0.00532. The molecule has 2 aromatic rings. The van der Waals surface area contributed by atoms with Crippen molar-refractivity contribution < 1.29 is 4.74 Å². The van der Waals surface area contributed by atoms with E-state index in [4.69, 9.17) is 10.5 Å². The van der Waals surface area contributed by atoms with Crippen molar-refractivity contribution in [1.29, 1.82) is 0 Å². The van der Waals surface area contributed by atoms with Crippen molar-refractivity contribution in [2.45, 2.75) is 45.4 Å². The molecule has 2 N–H and O–H groups in total. The number of hydrogen-bond donors (Lipinski definition) is 1. The first-order valence-corrected chi connectivity index (χ1v) is 7.22. The lowest BCUT2D eigenvalue weighted by Gasteiger charge is -2.31. The Labute approximate surface area is 119 Å². The molecular formula is C16H21N3O. The van der Waals surface area contributed by atoms with E-state index in [2.05, 4.69) is 35.5 Å². The molecule has 2 heterocycles. The van der Waals surface area contributed by atoms with Gasteiger partial charge >= 0.3 is 0 Å². The van der Waals surface area contributed by atoms with E-state index in [0.717, 1.165) is 36.4 Å². The van der Waals surface area contributed by atoms with E-state index >= 15 is 0 Å². The Kier molecular flexibility index (Phi) is 3.49. The zero-order valence-electron chi connectivity index (χ0n) is 12.0. The number of nitrogens with zero attached hydrogens (tertiary/aromatic N) is 2. The number of fused-ring (bicyclic) bond motifs is 1. The van der Waals surface area contributed by atoms with Gasteiger partial charge in [0.15, 0.2) is 0 Å². The zero-order chi connectivity index (χ0) is 14.1. The van der Waals surface area contributed by atoms with Crippen LogP contribution in [0.3, 0.4) is 0 Å². The fourth-order valence-corrected chi connectivity index (χ4v) is 2.83. The summed E-state index contributed by atoms with van der Waals surface area (Å²) in [6.07, 6.45) is 5.64. The molecule has 1 aliphatic heterocycles. The summed E-state index contributed by atoms with van der Waals surface area (Å²) < 4.78 is 8.31.